The van der Waals surface area contributed by atoms with Crippen molar-refractivity contribution in [3.63, 3.8) is 0 Å². The van der Waals surface area contributed by atoms with Crippen LogP contribution in [0.5, 0.6) is 5.75 Å². The smallest absolute Gasteiger partial charge is 0.163 e. The lowest BCUT2D eigenvalue weighted by atomic mass is 9.87. The highest BCUT2D eigenvalue weighted by Crippen LogP contribution is 2.30. The van der Waals surface area contributed by atoms with Crippen molar-refractivity contribution < 1.29 is 9.53 Å². The van der Waals surface area contributed by atoms with Crippen LogP contribution in [0.4, 0.5) is 0 Å². The molecular formula is C15H21ClO2. The first-order chi connectivity index (χ1) is 8.24. The molecule has 0 fully saturated rings. The van der Waals surface area contributed by atoms with Crippen molar-refractivity contribution in [1.82, 2.24) is 0 Å². The van der Waals surface area contributed by atoms with Crippen molar-refractivity contribution in [2.45, 2.75) is 41.0 Å². The summed E-state index contributed by atoms with van der Waals surface area (Å²) in [5.41, 5.74) is 1.59. The monoisotopic (exact) mass is 268 g/mol. The molecule has 0 heterocycles. The third-order valence-electron chi connectivity index (χ3n) is 2.57. The number of hydrogen-bond acceptors (Lipinski definition) is 2. The van der Waals surface area contributed by atoms with E-state index in [1.54, 1.807) is 6.07 Å². The Morgan fingerprint density at radius 1 is 1.33 bits per heavy atom. The van der Waals surface area contributed by atoms with Gasteiger partial charge in [0.05, 0.1) is 11.6 Å². The van der Waals surface area contributed by atoms with Crippen LogP contribution in [0.15, 0.2) is 12.1 Å². The quantitative estimate of drug-likeness (QED) is 0.742. The van der Waals surface area contributed by atoms with Gasteiger partial charge < -0.3 is 4.74 Å². The Morgan fingerprint density at radius 2 is 1.94 bits per heavy atom. The average molecular weight is 269 g/mol. The summed E-state index contributed by atoms with van der Waals surface area (Å²) in [4.78, 5) is 12.2. The first-order valence-corrected chi connectivity index (χ1v) is 6.58. The van der Waals surface area contributed by atoms with Crippen molar-refractivity contribution in [1.29, 1.82) is 0 Å². The number of halogens is 1. The molecule has 0 aliphatic carbocycles. The molecule has 0 radical (unpaired) electrons. The van der Waals surface area contributed by atoms with Gasteiger partial charge in [-0.25, -0.2) is 0 Å². The van der Waals surface area contributed by atoms with E-state index < -0.39 is 0 Å². The molecule has 0 saturated heterocycles. The number of carbonyl (C=O) groups is 1. The number of benzene rings is 1. The van der Waals surface area contributed by atoms with Gasteiger partial charge in [-0.3, -0.25) is 4.79 Å². The van der Waals surface area contributed by atoms with Crippen LogP contribution in [0.1, 0.15) is 50.0 Å². The van der Waals surface area contributed by atoms with Crippen LogP contribution in [0.2, 0.25) is 5.02 Å². The van der Waals surface area contributed by atoms with Gasteiger partial charge >= 0.3 is 0 Å². The number of Topliss-reactive ketones (excluding diaryl/α,β-unsaturated/α-hetero) is 1. The molecule has 0 bridgehead atoms. The lowest BCUT2D eigenvalue weighted by Crippen LogP contribution is -2.14. The van der Waals surface area contributed by atoms with E-state index in [9.17, 15) is 4.79 Å². The minimum Gasteiger partial charge on any atom is -0.492 e. The molecule has 0 aromatic heterocycles. The highest BCUT2D eigenvalue weighted by atomic mass is 35.5. The zero-order valence-corrected chi connectivity index (χ0v) is 12.5. The maximum Gasteiger partial charge on any atom is 0.163 e. The van der Waals surface area contributed by atoms with Gasteiger partial charge in [0, 0.05) is 12.0 Å². The Bertz CT molecular complexity index is 445. The van der Waals surface area contributed by atoms with Crippen molar-refractivity contribution in [2.75, 3.05) is 6.61 Å². The Kier molecular flexibility index (Phi) is 4.80. The Labute approximate surface area is 114 Å². The van der Waals surface area contributed by atoms with Crippen LogP contribution < -0.4 is 4.74 Å². The van der Waals surface area contributed by atoms with E-state index in [4.69, 9.17) is 16.3 Å². The fourth-order valence-corrected chi connectivity index (χ4v) is 2.02. The van der Waals surface area contributed by atoms with Gasteiger partial charge in [0.15, 0.2) is 5.78 Å². The van der Waals surface area contributed by atoms with E-state index in [-0.39, 0.29) is 11.2 Å². The first-order valence-electron chi connectivity index (χ1n) is 6.20. The molecular weight excluding hydrogens is 248 g/mol. The summed E-state index contributed by atoms with van der Waals surface area (Å²) in [6, 6.07) is 3.55. The van der Waals surface area contributed by atoms with Crippen molar-refractivity contribution in [3.8, 4) is 5.75 Å². The van der Waals surface area contributed by atoms with Gasteiger partial charge in [0.2, 0.25) is 0 Å². The molecule has 0 saturated carbocycles. The first kappa shape index (κ1) is 15.0. The summed E-state index contributed by atoms with van der Waals surface area (Å²) < 4.78 is 5.41. The molecule has 1 aromatic rings. The van der Waals surface area contributed by atoms with Crippen LogP contribution in [0, 0.1) is 12.3 Å². The number of rotatable bonds is 4. The molecule has 0 amide bonds. The van der Waals surface area contributed by atoms with E-state index in [0.717, 1.165) is 5.56 Å². The van der Waals surface area contributed by atoms with Gasteiger partial charge in [-0.15, -0.1) is 0 Å². The summed E-state index contributed by atoms with van der Waals surface area (Å²) in [5, 5.41) is 0.500. The number of aryl methyl sites for hydroxylation is 1. The summed E-state index contributed by atoms with van der Waals surface area (Å²) in [5.74, 6) is 0.772. The molecule has 0 aliphatic heterocycles. The molecule has 3 heteroatoms. The molecule has 0 unspecified atom stereocenters. The van der Waals surface area contributed by atoms with Gasteiger partial charge in [-0.1, -0.05) is 32.4 Å². The molecule has 1 rings (SSSR count). The Hall–Kier alpha value is -1.02. The van der Waals surface area contributed by atoms with Gasteiger partial charge in [-0.2, -0.15) is 0 Å². The van der Waals surface area contributed by atoms with E-state index >= 15 is 0 Å². The second kappa shape index (κ2) is 5.75. The van der Waals surface area contributed by atoms with Crippen LogP contribution in [0.3, 0.4) is 0 Å². The molecule has 0 spiro atoms. The third-order valence-corrected chi connectivity index (χ3v) is 2.87. The average Bonchev–Trinajstić information content (AvgIpc) is 2.20. The topological polar surface area (TPSA) is 26.3 Å². The highest BCUT2D eigenvalue weighted by Gasteiger charge is 2.20. The van der Waals surface area contributed by atoms with Gasteiger partial charge in [0.25, 0.3) is 0 Å². The second-order valence-corrected chi connectivity index (χ2v) is 6.10. The lowest BCUT2D eigenvalue weighted by Gasteiger charge is -2.18. The number of hydrogen-bond donors (Lipinski definition) is 0. The zero-order valence-electron chi connectivity index (χ0n) is 11.8. The third kappa shape index (κ3) is 4.02. The molecule has 1 aromatic carbocycles. The second-order valence-electron chi connectivity index (χ2n) is 5.69. The van der Waals surface area contributed by atoms with Gasteiger partial charge in [-0.05, 0) is 37.0 Å². The minimum atomic E-state index is -0.0193. The molecule has 2 nitrogen and oxygen atoms in total. The predicted octanol–water partition coefficient (Wildman–Crippen LogP) is 4.67. The van der Waals surface area contributed by atoms with Crippen molar-refractivity contribution in [2.24, 2.45) is 5.41 Å². The van der Waals surface area contributed by atoms with E-state index in [1.165, 1.54) is 0 Å². The maximum atomic E-state index is 12.2. The fourth-order valence-electron chi connectivity index (χ4n) is 1.80. The fraction of sp³-hybridized carbons (Fsp3) is 0.533. The molecule has 18 heavy (non-hydrogen) atoms. The minimum absolute atomic E-state index is 0.0193. The van der Waals surface area contributed by atoms with E-state index in [2.05, 4.69) is 20.8 Å². The van der Waals surface area contributed by atoms with Crippen LogP contribution in [0.25, 0.3) is 0 Å². The SMILES string of the molecule is CCOc1cc(C)c(C(=O)CC(C)(C)C)cc1Cl. The Morgan fingerprint density at radius 3 is 2.44 bits per heavy atom. The normalized spacial score (nSPS) is 11.4. The maximum absolute atomic E-state index is 12.2. The van der Waals surface area contributed by atoms with E-state index in [1.807, 2.05) is 19.9 Å². The molecule has 0 aliphatic rings. The summed E-state index contributed by atoms with van der Waals surface area (Å²) in [6.07, 6.45) is 0.512. The van der Waals surface area contributed by atoms with Crippen LogP contribution in [-0.4, -0.2) is 12.4 Å². The number of carbonyl (C=O) groups excluding carboxylic acids is 1. The predicted molar refractivity (Wildman–Crippen MR) is 75.8 cm³/mol. The zero-order chi connectivity index (χ0) is 13.9. The summed E-state index contributed by atoms with van der Waals surface area (Å²) in [6.45, 7) is 10.5. The molecule has 0 atom stereocenters. The molecule has 100 valence electrons. The highest BCUT2D eigenvalue weighted by molar-refractivity contribution is 6.32. The van der Waals surface area contributed by atoms with Crippen LogP contribution in [-0.2, 0) is 0 Å². The van der Waals surface area contributed by atoms with Crippen LogP contribution >= 0.6 is 11.6 Å². The Balaban J connectivity index is 3.04. The number of ether oxygens (including phenoxy) is 1. The lowest BCUT2D eigenvalue weighted by molar-refractivity contribution is 0.0939. The largest absolute Gasteiger partial charge is 0.492 e. The van der Waals surface area contributed by atoms with Crippen molar-refractivity contribution >= 4 is 17.4 Å². The standard InChI is InChI=1S/C15H21ClO2/c1-6-18-14-7-10(2)11(8-12(14)16)13(17)9-15(3,4)5/h7-8H,6,9H2,1-5H3. The number of ketones is 1. The van der Waals surface area contributed by atoms with E-state index in [0.29, 0.717) is 29.4 Å². The summed E-state index contributed by atoms with van der Waals surface area (Å²) >= 11 is 6.12. The molecule has 0 N–H and O–H groups in total. The van der Waals surface area contributed by atoms with Crippen molar-refractivity contribution in [3.05, 3.63) is 28.3 Å². The summed E-state index contributed by atoms with van der Waals surface area (Å²) in [7, 11) is 0. The van der Waals surface area contributed by atoms with Gasteiger partial charge in [0.1, 0.15) is 5.75 Å².